The third-order valence-corrected chi connectivity index (χ3v) is 6.56. The van der Waals surface area contributed by atoms with Crippen molar-refractivity contribution in [3.8, 4) is 16.9 Å². The lowest BCUT2D eigenvalue weighted by atomic mass is 9.92. The van der Waals surface area contributed by atoms with Crippen LogP contribution in [-0.2, 0) is 28.6 Å². The first kappa shape index (κ1) is 33.6. The molecular weight excluding hydrogens is 556 g/mol. The van der Waals surface area contributed by atoms with Crippen LogP contribution < -0.4 is 10.1 Å². The molecule has 0 aliphatic heterocycles. The molecule has 0 aromatic heterocycles. The molecule has 2 rings (SSSR count). The maximum Gasteiger partial charge on any atom is 0.308 e. The Morgan fingerprint density at radius 1 is 1.07 bits per heavy atom. The van der Waals surface area contributed by atoms with Crippen LogP contribution in [0.2, 0.25) is 0 Å². The van der Waals surface area contributed by atoms with E-state index in [0.29, 0.717) is 36.1 Å². The van der Waals surface area contributed by atoms with E-state index in [0.717, 1.165) is 6.26 Å². The zero-order chi connectivity index (χ0) is 30.7. The van der Waals surface area contributed by atoms with E-state index in [1.165, 1.54) is 31.2 Å². The average Bonchev–Trinajstić information content (AvgIpc) is 2.86. The lowest BCUT2D eigenvalue weighted by molar-refractivity contribution is -0.144. The van der Waals surface area contributed by atoms with Gasteiger partial charge in [0, 0.05) is 23.6 Å². The Bertz CT molecular complexity index is 1380. The van der Waals surface area contributed by atoms with Crippen LogP contribution in [0.3, 0.4) is 0 Å². The number of amides is 1. The Hall–Kier alpha value is -3.57. The fraction of sp³-hybridized carbons (Fsp3) is 0.400. The Kier molecular flexibility index (Phi) is 12.7. The van der Waals surface area contributed by atoms with Gasteiger partial charge in [-0.25, -0.2) is 8.78 Å². The van der Waals surface area contributed by atoms with Gasteiger partial charge in [-0.15, -0.1) is 13.2 Å². The molecule has 2 atom stereocenters. The minimum absolute atomic E-state index is 0.0542. The molecule has 0 radical (unpaired) electrons. The van der Waals surface area contributed by atoms with Crippen LogP contribution in [0.5, 0.6) is 5.75 Å². The molecule has 41 heavy (non-hydrogen) atoms. The Balaban J connectivity index is 2.63. The molecule has 0 heterocycles. The molecule has 2 aromatic rings. The van der Waals surface area contributed by atoms with Crippen molar-refractivity contribution in [2.75, 3.05) is 19.5 Å². The van der Waals surface area contributed by atoms with Crippen molar-refractivity contribution in [2.24, 2.45) is 0 Å². The van der Waals surface area contributed by atoms with E-state index < -0.39 is 52.2 Å². The second-order valence-electron chi connectivity index (χ2n) is 9.46. The maximum atomic E-state index is 15.7. The molecule has 8 nitrogen and oxygen atoms in total. The molecule has 0 aliphatic carbocycles. The van der Waals surface area contributed by atoms with Gasteiger partial charge >= 0.3 is 5.97 Å². The summed E-state index contributed by atoms with van der Waals surface area (Å²) in [5.41, 5.74) is 1.64. The van der Waals surface area contributed by atoms with Gasteiger partial charge in [0.05, 0.1) is 31.9 Å². The van der Waals surface area contributed by atoms with Crippen molar-refractivity contribution in [1.29, 1.82) is 0 Å². The summed E-state index contributed by atoms with van der Waals surface area (Å²) < 4.78 is 69.3. The molecular formula is C30H37F2NO7S. The second-order valence-corrected chi connectivity index (χ2v) is 11.1. The summed E-state index contributed by atoms with van der Waals surface area (Å²) in [4.78, 5) is 25.6. The first-order valence-electron chi connectivity index (χ1n) is 13.1. The predicted octanol–water partition coefficient (Wildman–Crippen LogP) is 5.63. The zero-order valence-corrected chi connectivity index (χ0v) is 24.6. The number of rotatable bonds is 16. The number of benzene rings is 2. The predicted molar refractivity (Wildman–Crippen MR) is 153 cm³/mol. The number of hydrogen-bond donors (Lipinski definition) is 1. The first-order valence-corrected chi connectivity index (χ1v) is 14.9. The number of hydrogen-bond acceptors (Lipinski definition) is 7. The standard InChI is InChI=1S/C30H37F2NO7S/c1-7-10-11-13-39-26-17-22(31)15-19(4)28(26)21-14-20(5)29(32)23(16-21)24(18-27(34)38-9-3)33-30(35)25(12-8-2)40-41(6,36)37/h7-8,14-17,24-25H,1-2,9-13,18H2,3-6H3,(H,33,35)/t24-,25+/m0/s1. The molecule has 0 bridgehead atoms. The molecule has 0 saturated heterocycles. The molecule has 0 unspecified atom stereocenters. The molecule has 11 heteroatoms. The van der Waals surface area contributed by atoms with Crippen molar-refractivity contribution < 1.29 is 40.4 Å². The number of carbonyl (C=O) groups excluding carboxylic acids is 2. The van der Waals surface area contributed by atoms with E-state index in [4.69, 9.17) is 13.7 Å². The second kappa shape index (κ2) is 15.4. The number of carbonyl (C=O) groups is 2. The van der Waals surface area contributed by atoms with Gasteiger partial charge in [0.15, 0.2) is 6.10 Å². The van der Waals surface area contributed by atoms with E-state index in [2.05, 4.69) is 18.5 Å². The highest BCUT2D eigenvalue weighted by Gasteiger charge is 2.29. The SMILES string of the molecule is C=CCCCOc1cc(F)cc(C)c1-c1cc(C)c(F)c([C@H](CC(=O)OCC)NC(=O)[C@@H](CC=C)OS(C)(=O)=O)c1. The van der Waals surface area contributed by atoms with Crippen LogP contribution in [0.4, 0.5) is 8.78 Å². The third kappa shape index (κ3) is 10.1. The van der Waals surface area contributed by atoms with Crippen LogP contribution in [0.25, 0.3) is 11.1 Å². The highest BCUT2D eigenvalue weighted by molar-refractivity contribution is 7.86. The van der Waals surface area contributed by atoms with E-state index in [1.807, 2.05) is 0 Å². The zero-order valence-electron chi connectivity index (χ0n) is 23.8. The van der Waals surface area contributed by atoms with E-state index in [9.17, 15) is 22.4 Å². The van der Waals surface area contributed by atoms with Crippen molar-refractivity contribution >= 4 is 22.0 Å². The number of halogens is 2. The fourth-order valence-electron chi connectivity index (χ4n) is 4.24. The Morgan fingerprint density at radius 3 is 2.39 bits per heavy atom. The Labute approximate surface area is 240 Å². The van der Waals surface area contributed by atoms with Crippen LogP contribution in [0.1, 0.15) is 55.3 Å². The monoisotopic (exact) mass is 593 g/mol. The molecule has 0 aliphatic rings. The summed E-state index contributed by atoms with van der Waals surface area (Å²) in [6.45, 7) is 12.3. The van der Waals surface area contributed by atoms with Crippen LogP contribution >= 0.6 is 0 Å². The van der Waals surface area contributed by atoms with Gasteiger partial charge in [0.1, 0.15) is 17.4 Å². The lowest BCUT2D eigenvalue weighted by Crippen LogP contribution is -2.40. The van der Waals surface area contributed by atoms with Crippen LogP contribution in [-0.4, -0.2) is 45.9 Å². The molecule has 1 amide bonds. The van der Waals surface area contributed by atoms with Gasteiger partial charge < -0.3 is 14.8 Å². The van der Waals surface area contributed by atoms with E-state index >= 15 is 4.39 Å². The highest BCUT2D eigenvalue weighted by Crippen LogP contribution is 2.38. The third-order valence-electron chi connectivity index (χ3n) is 5.98. The quantitative estimate of drug-likeness (QED) is 0.116. The van der Waals surface area contributed by atoms with Gasteiger partial charge in [0.25, 0.3) is 16.0 Å². The number of nitrogens with one attached hydrogen (secondary N) is 1. The van der Waals surface area contributed by atoms with Gasteiger partial charge in [-0.05, 0) is 68.5 Å². The van der Waals surface area contributed by atoms with Crippen molar-refractivity contribution in [3.05, 3.63) is 77.9 Å². The smallest absolute Gasteiger partial charge is 0.308 e. The van der Waals surface area contributed by atoms with Crippen LogP contribution in [0.15, 0.2) is 49.6 Å². The molecule has 0 spiro atoms. The molecule has 0 fully saturated rings. The first-order chi connectivity index (χ1) is 19.3. The molecule has 224 valence electrons. The number of allylic oxidation sites excluding steroid dienone is 1. The minimum Gasteiger partial charge on any atom is -0.493 e. The fourth-order valence-corrected chi connectivity index (χ4v) is 4.83. The largest absolute Gasteiger partial charge is 0.493 e. The summed E-state index contributed by atoms with van der Waals surface area (Å²) in [5.74, 6) is -2.55. The normalized spacial score (nSPS) is 12.7. The number of ether oxygens (including phenoxy) is 2. The summed E-state index contributed by atoms with van der Waals surface area (Å²) in [5, 5.41) is 2.55. The molecule has 0 saturated carbocycles. The molecule has 1 N–H and O–H groups in total. The van der Waals surface area contributed by atoms with Gasteiger partial charge in [-0.3, -0.25) is 13.8 Å². The average molecular weight is 594 g/mol. The topological polar surface area (TPSA) is 108 Å². The minimum atomic E-state index is -4.03. The highest BCUT2D eigenvalue weighted by atomic mass is 32.2. The van der Waals surface area contributed by atoms with E-state index in [1.54, 1.807) is 26.0 Å². The van der Waals surface area contributed by atoms with Crippen molar-refractivity contribution in [1.82, 2.24) is 5.32 Å². The van der Waals surface area contributed by atoms with Crippen LogP contribution in [0, 0.1) is 25.5 Å². The van der Waals surface area contributed by atoms with Gasteiger partial charge in [-0.1, -0.05) is 12.2 Å². The number of esters is 1. The van der Waals surface area contributed by atoms with Gasteiger partial charge in [0.2, 0.25) is 0 Å². The summed E-state index contributed by atoms with van der Waals surface area (Å²) in [6, 6.07) is 4.32. The Morgan fingerprint density at radius 2 is 1.78 bits per heavy atom. The summed E-state index contributed by atoms with van der Waals surface area (Å²) in [7, 11) is -4.03. The van der Waals surface area contributed by atoms with Crippen molar-refractivity contribution in [3.63, 3.8) is 0 Å². The maximum absolute atomic E-state index is 15.7. The summed E-state index contributed by atoms with van der Waals surface area (Å²) >= 11 is 0. The molecule has 2 aromatic carbocycles. The summed E-state index contributed by atoms with van der Waals surface area (Å²) in [6.07, 6.45) is 3.09. The van der Waals surface area contributed by atoms with Crippen molar-refractivity contribution in [2.45, 2.75) is 58.6 Å². The van der Waals surface area contributed by atoms with E-state index in [-0.39, 0.29) is 29.9 Å². The number of unbranched alkanes of at least 4 members (excludes halogenated alkanes) is 1. The number of aryl methyl sites for hydroxylation is 2. The van der Waals surface area contributed by atoms with Gasteiger partial charge in [-0.2, -0.15) is 8.42 Å². The lowest BCUT2D eigenvalue weighted by Gasteiger charge is -2.24.